The van der Waals surface area contributed by atoms with Crippen LogP contribution in [-0.2, 0) is 0 Å². The maximum absolute atomic E-state index is 4.30. The third kappa shape index (κ3) is 6.82. The van der Waals surface area contributed by atoms with Crippen LogP contribution in [0.5, 0.6) is 0 Å². The van der Waals surface area contributed by atoms with Gasteiger partial charge in [-0.25, -0.2) is 0 Å². The summed E-state index contributed by atoms with van der Waals surface area (Å²) in [6, 6.07) is 36.8. The van der Waals surface area contributed by atoms with Crippen molar-refractivity contribution in [2.75, 3.05) is 0 Å². The van der Waals surface area contributed by atoms with Crippen LogP contribution in [0.15, 0.2) is 97.1 Å². The standard InChI is InChI=1S/C58H70Si2/c1-53(2,3)59(54(4,5)6,55(7,8)9)29-27-47-49-35-43-31-39-23-19-21-25-41(39)33-45(43)37-51(49)48(28-30-60(56(10,11)12,57(13,14)15)58(16,17)18)52-38-46-34-42-26-22-20-24-40(42)32-44(46)36-50(47)52/h19-26,31-38H,1-18H3. The van der Waals surface area contributed by atoms with Gasteiger partial charge in [0.05, 0.1) is 0 Å². The van der Waals surface area contributed by atoms with Crippen LogP contribution in [0.2, 0.25) is 30.2 Å². The van der Waals surface area contributed by atoms with Crippen LogP contribution in [0.4, 0.5) is 0 Å². The van der Waals surface area contributed by atoms with Gasteiger partial charge in [-0.05, 0) is 143 Å². The zero-order chi connectivity index (χ0) is 44.2. The highest BCUT2D eigenvalue weighted by atomic mass is 28.3. The predicted molar refractivity (Wildman–Crippen MR) is 275 cm³/mol. The largest absolute Gasteiger partial charge is 0.154 e. The zero-order valence-corrected chi connectivity index (χ0v) is 42.2. The predicted octanol–water partition coefficient (Wildman–Crippen LogP) is 18.1. The Hall–Kier alpha value is -4.35. The molecule has 0 atom stereocenters. The monoisotopic (exact) mass is 823 g/mol. The van der Waals surface area contributed by atoms with Crippen molar-refractivity contribution in [2.45, 2.75) is 155 Å². The van der Waals surface area contributed by atoms with Crippen molar-refractivity contribution in [3.05, 3.63) is 108 Å². The molecule has 7 aromatic carbocycles. The summed E-state index contributed by atoms with van der Waals surface area (Å²) >= 11 is 0. The Morgan fingerprint density at radius 3 is 0.667 bits per heavy atom. The van der Waals surface area contributed by atoms with Gasteiger partial charge in [0, 0.05) is 11.1 Å². The first-order valence-corrected chi connectivity index (χ1v) is 26.3. The quantitative estimate of drug-likeness (QED) is 0.0812. The van der Waals surface area contributed by atoms with Gasteiger partial charge >= 0.3 is 0 Å². The summed E-state index contributed by atoms with van der Waals surface area (Å²) in [5.41, 5.74) is 10.9. The molecule has 7 aromatic rings. The van der Waals surface area contributed by atoms with Gasteiger partial charge in [-0.1, -0.05) is 185 Å². The molecule has 0 radical (unpaired) electrons. The highest BCUT2D eigenvalue weighted by Gasteiger charge is 2.60. The molecule has 310 valence electrons. The first-order valence-electron chi connectivity index (χ1n) is 22.3. The number of benzene rings is 7. The Morgan fingerprint density at radius 2 is 0.483 bits per heavy atom. The summed E-state index contributed by atoms with van der Waals surface area (Å²) in [5.74, 6) is 8.28. The lowest BCUT2D eigenvalue weighted by Crippen LogP contribution is -2.57. The molecule has 0 nitrogen and oxygen atoms in total. The second kappa shape index (κ2) is 14.1. The molecule has 0 heterocycles. The summed E-state index contributed by atoms with van der Waals surface area (Å²) in [6.45, 7) is 44.1. The van der Waals surface area contributed by atoms with E-state index in [-0.39, 0.29) is 30.2 Å². The Kier molecular flexibility index (Phi) is 10.3. The van der Waals surface area contributed by atoms with Crippen LogP contribution in [-0.4, -0.2) is 16.1 Å². The lowest BCUT2D eigenvalue weighted by Gasteiger charge is -2.55. The molecule has 0 fully saturated rings. The van der Waals surface area contributed by atoms with E-state index in [0.29, 0.717) is 0 Å². The molecule has 0 spiro atoms. The first-order chi connectivity index (χ1) is 27.5. The van der Waals surface area contributed by atoms with Crippen LogP contribution in [0, 0.1) is 22.9 Å². The summed E-state index contributed by atoms with van der Waals surface area (Å²) in [6.07, 6.45) is 0. The van der Waals surface area contributed by atoms with Crippen LogP contribution >= 0.6 is 0 Å². The molecule has 0 aromatic heterocycles. The van der Waals surface area contributed by atoms with E-state index in [4.69, 9.17) is 0 Å². The Morgan fingerprint density at radius 1 is 0.283 bits per heavy atom. The molecule has 0 saturated carbocycles. The van der Waals surface area contributed by atoms with Gasteiger partial charge in [0.2, 0.25) is 0 Å². The summed E-state index contributed by atoms with van der Waals surface area (Å²) in [4.78, 5) is 0. The molecule has 2 heteroatoms. The second-order valence-corrected chi connectivity index (χ2v) is 36.6. The third-order valence-corrected chi connectivity index (χ3v) is 28.8. The molecule has 0 bridgehead atoms. The molecule has 7 rings (SSSR count). The molecule has 0 amide bonds. The van der Waals surface area contributed by atoms with Crippen molar-refractivity contribution in [2.24, 2.45) is 0 Å². The number of fused-ring (bicyclic) bond motifs is 6. The van der Waals surface area contributed by atoms with Crippen molar-refractivity contribution in [1.29, 1.82) is 0 Å². The highest BCUT2D eigenvalue weighted by molar-refractivity contribution is 6.95. The van der Waals surface area contributed by atoms with Crippen LogP contribution in [0.25, 0.3) is 64.6 Å². The van der Waals surface area contributed by atoms with Crippen molar-refractivity contribution >= 4 is 80.8 Å². The Balaban J connectivity index is 1.77. The van der Waals surface area contributed by atoms with E-state index in [0.717, 1.165) is 11.1 Å². The minimum absolute atomic E-state index is 0.0333. The second-order valence-electron chi connectivity index (χ2n) is 24.1. The maximum Gasteiger partial charge on any atom is 0.154 e. The summed E-state index contributed by atoms with van der Waals surface area (Å²) < 4.78 is 0. The van der Waals surface area contributed by atoms with E-state index in [1.807, 2.05) is 0 Å². The van der Waals surface area contributed by atoms with Gasteiger partial charge in [-0.2, -0.15) is 0 Å². The normalized spacial score (nSPS) is 13.9. The number of hydrogen-bond acceptors (Lipinski definition) is 0. The topological polar surface area (TPSA) is 0 Å². The van der Waals surface area contributed by atoms with E-state index in [9.17, 15) is 0 Å². The molecule has 0 saturated heterocycles. The minimum Gasteiger partial charge on any atom is -0.124 e. The van der Waals surface area contributed by atoms with Crippen LogP contribution in [0.3, 0.4) is 0 Å². The lowest BCUT2D eigenvalue weighted by atomic mass is 9.88. The summed E-state index contributed by atoms with van der Waals surface area (Å²) in [5, 5.41) is 15.0. The maximum atomic E-state index is 4.30. The molecule has 0 aliphatic heterocycles. The average Bonchev–Trinajstić information content (AvgIpc) is 3.09. The zero-order valence-electron chi connectivity index (χ0n) is 40.2. The third-order valence-electron chi connectivity index (χ3n) is 14.3. The fourth-order valence-corrected chi connectivity index (χ4v) is 29.9. The molecule has 0 unspecified atom stereocenters. The van der Waals surface area contributed by atoms with E-state index < -0.39 is 16.1 Å². The van der Waals surface area contributed by atoms with E-state index in [1.165, 1.54) is 64.6 Å². The summed E-state index contributed by atoms with van der Waals surface area (Å²) in [7, 11) is -4.88. The van der Waals surface area contributed by atoms with Gasteiger partial charge in [0.25, 0.3) is 0 Å². The fraction of sp³-hybridized carbons (Fsp3) is 0.414. The van der Waals surface area contributed by atoms with Crippen LogP contribution in [0.1, 0.15) is 136 Å². The van der Waals surface area contributed by atoms with Crippen molar-refractivity contribution in [3.63, 3.8) is 0 Å². The molecule has 0 N–H and O–H groups in total. The Bertz CT molecular complexity index is 2570. The van der Waals surface area contributed by atoms with Gasteiger partial charge in [0.1, 0.15) is 0 Å². The molecule has 0 aliphatic rings. The van der Waals surface area contributed by atoms with Crippen molar-refractivity contribution in [1.82, 2.24) is 0 Å². The fourth-order valence-electron chi connectivity index (χ4n) is 13.6. The van der Waals surface area contributed by atoms with Crippen molar-refractivity contribution in [3.8, 4) is 22.9 Å². The van der Waals surface area contributed by atoms with E-state index in [2.05, 4.69) is 245 Å². The average molecular weight is 823 g/mol. The van der Waals surface area contributed by atoms with Gasteiger partial charge in [-0.15, -0.1) is 11.1 Å². The first kappa shape index (κ1) is 43.7. The molecular formula is C58H70Si2. The SMILES string of the molecule is CC(C)(C)[Si](C#Cc1c2cc3cc4ccccc4cc3cc2c(C#C[Si](C(C)(C)C)(C(C)(C)C)C(C)(C)C)c2cc3cc4ccccc4cc3cc12)(C(C)(C)C)C(C)(C)C. The number of hydrogen-bond donors (Lipinski definition) is 0. The van der Waals surface area contributed by atoms with Crippen LogP contribution < -0.4 is 0 Å². The van der Waals surface area contributed by atoms with E-state index in [1.54, 1.807) is 0 Å². The minimum atomic E-state index is -2.44. The van der Waals surface area contributed by atoms with Gasteiger partial charge in [-0.3, -0.25) is 0 Å². The van der Waals surface area contributed by atoms with Gasteiger partial charge < -0.3 is 0 Å². The molecule has 60 heavy (non-hydrogen) atoms. The van der Waals surface area contributed by atoms with Gasteiger partial charge in [0.15, 0.2) is 16.1 Å². The smallest absolute Gasteiger partial charge is 0.124 e. The van der Waals surface area contributed by atoms with Crippen molar-refractivity contribution < 1.29 is 0 Å². The number of rotatable bonds is 0. The Labute approximate surface area is 365 Å². The molecular weight excluding hydrogens is 753 g/mol. The molecule has 0 aliphatic carbocycles. The van der Waals surface area contributed by atoms with E-state index >= 15 is 0 Å². The lowest BCUT2D eigenvalue weighted by molar-refractivity contribution is 0.548. The highest BCUT2D eigenvalue weighted by Crippen LogP contribution is 2.63.